The maximum atomic E-state index is 13.4. The molecule has 2 heterocycles. The third-order valence-corrected chi connectivity index (χ3v) is 9.80. The third-order valence-electron chi connectivity index (χ3n) is 9.80. The molecule has 0 radical (unpaired) electrons. The van der Waals surface area contributed by atoms with Crippen molar-refractivity contribution >= 4 is 17.7 Å². The van der Waals surface area contributed by atoms with E-state index in [2.05, 4.69) is 42.6 Å². The number of rotatable bonds is 8. The van der Waals surface area contributed by atoms with Crippen molar-refractivity contribution < 1.29 is 14.4 Å². The molecule has 2 aliphatic carbocycles. The third kappa shape index (κ3) is 6.95. The van der Waals surface area contributed by atoms with Crippen molar-refractivity contribution in [3.63, 3.8) is 0 Å². The van der Waals surface area contributed by atoms with E-state index >= 15 is 0 Å². The van der Waals surface area contributed by atoms with Gasteiger partial charge in [-0.25, -0.2) is 5.10 Å². The molecular formula is C37H47N9O3. The number of amides is 3. The monoisotopic (exact) mass is 665 g/mol. The molecular weight excluding hydrogens is 618 g/mol. The van der Waals surface area contributed by atoms with Gasteiger partial charge in [0.05, 0.1) is 18.0 Å². The number of carbonyl (C=O) groups is 3. The molecule has 2 aromatic carbocycles. The van der Waals surface area contributed by atoms with Crippen LogP contribution in [0.3, 0.4) is 0 Å². The molecule has 4 N–H and O–H groups in total. The molecule has 258 valence electrons. The van der Waals surface area contributed by atoms with Crippen molar-refractivity contribution in [2.24, 2.45) is 5.92 Å². The van der Waals surface area contributed by atoms with Crippen LogP contribution in [-0.2, 0) is 23.1 Å². The molecule has 4 atom stereocenters. The van der Waals surface area contributed by atoms with Crippen molar-refractivity contribution in [3.05, 3.63) is 75.6 Å². The van der Waals surface area contributed by atoms with Crippen LogP contribution in [0.5, 0.6) is 0 Å². The fourth-order valence-corrected chi connectivity index (χ4v) is 7.68. The van der Waals surface area contributed by atoms with Gasteiger partial charge in [-0.15, -0.1) is 5.10 Å². The molecule has 6 rings (SSSR count). The van der Waals surface area contributed by atoms with E-state index in [-0.39, 0.29) is 42.4 Å². The summed E-state index contributed by atoms with van der Waals surface area (Å²) >= 11 is 0. The quantitative estimate of drug-likeness (QED) is 0.283. The van der Waals surface area contributed by atoms with E-state index in [0.29, 0.717) is 42.1 Å². The second-order valence-corrected chi connectivity index (χ2v) is 16.0. The molecule has 3 amide bonds. The number of H-pyrrole nitrogens is 1. The summed E-state index contributed by atoms with van der Waals surface area (Å²) in [5.74, 6) is 0.589. The highest BCUT2D eigenvalue weighted by atomic mass is 16.2. The molecule has 1 unspecified atom stereocenters. The van der Waals surface area contributed by atoms with Gasteiger partial charge in [-0.1, -0.05) is 12.1 Å². The zero-order valence-corrected chi connectivity index (χ0v) is 29.5. The highest BCUT2D eigenvalue weighted by Gasteiger charge is 2.54. The van der Waals surface area contributed by atoms with E-state index in [4.69, 9.17) is 0 Å². The number of aryl methyl sites for hydroxylation is 2. The van der Waals surface area contributed by atoms with Crippen LogP contribution in [0.2, 0.25) is 0 Å². The maximum absolute atomic E-state index is 13.4. The Kier molecular flexibility index (Phi) is 8.86. The Hall–Kier alpha value is -4.63. The molecule has 1 saturated carbocycles. The molecule has 1 aromatic heterocycles. The van der Waals surface area contributed by atoms with Gasteiger partial charge < -0.3 is 20.9 Å². The Labute approximate surface area is 287 Å². The lowest BCUT2D eigenvalue weighted by atomic mass is 9.67. The minimum atomic E-state index is -0.914. The van der Waals surface area contributed by atoms with Gasteiger partial charge in [0.1, 0.15) is 6.04 Å². The lowest BCUT2D eigenvalue weighted by Gasteiger charge is -2.37. The number of aromatic amines is 1. The molecule has 12 nitrogen and oxygen atoms in total. The Morgan fingerprint density at radius 2 is 1.53 bits per heavy atom. The highest BCUT2D eigenvalue weighted by molar-refractivity contribution is 5.96. The van der Waals surface area contributed by atoms with Crippen LogP contribution in [0.4, 0.5) is 0 Å². The van der Waals surface area contributed by atoms with Gasteiger partial charge >= 0.3 is 0 Å². The zero-order chi connectivity index (χ0) is 35.3. The summed E-state index contributed by atoms with van der Waals surface area (Å²) in [6.45, 7) is 13.8. The van der Waals surface area contributed by atoms with Gasteiger partial charge in [0.15, 0.2) is 5.82 Å². The first-order chi connectivity index (χ1) is 23.1. The van der Waals surface area contributed by atoms with Gasteiger partial charge in [-0.3, -0.25) is 14.4 Å². The molecule has 2 fully saturated rings. The first-order valence-electron chi connectivity index (χ1n) is 17.2. The molecule has 3 aromatic rings. The van der Waals surface area contributed by atoms with Gasteiger partial charge in [0.2, 0.25) is 5.91 Å². The Morgan fingerprint density at radius 3 is 2.02 bits per heavy atom. The van der Waals surface area contributed by atoms with Crippen molar-refractivity contribution in [1.29, 1.82) is 5.26 Å². The Morgan fingerprint density at radius 1 is 0.959 bits per heavy atom. The van der Waals surface area contributed by atoms with Crippen LogP contribution in [0, 0.1) is 17.2 Å². The smallest absolute Gasteiger partial charge is 0.251 e. The summed E-state index contributed by atoms with van der Waals surface area (Å²) in [4.78, 5) is 41.8. The van der Waals surface area contributed by atoms with Crippen LogP contribution < -0.4 is 16.0 Å². The van der Waals surface area contributed by atoms with Crippen molar-refractivity contribution in [2.45, 2.75) is 115 Å². The number of fused-ring (bicyclic) bond motifs is 3. The summed E-state index contributed by atoms with van der Waals surface area (Å²) in [5.41, 5.74) is 3.26. The predicted octanol–water partition coefficient (Wildman–Crippen LogP) is 3.57. The number of carbonyl (C=O) groups excluding carboxylic acids is 3. The molecule has 12 heteroatoms. The van der Waals surface area contributed by atoms with Gasteiger partial charge in [0.25, 0.3) is 11.8 Å². The first-order valence-corrected chi connectivity index (χ1v) is 17.2. The predicted molar refractivity (Wildman–Crippen MR) is 184 cm³/mol. The number of nitrogens with one attached hydrogen (secondary N) is 4. The van der Waals surface area contributed by atoms with Gasteiger partial charge in [-0.2, -0.15) is 5.26 Å². The minimum Gasteiger partial charge on any atom is -0.347 e. The van der Waals surface area contributed by atoms with E-state index in [1.165, 1.54) is 0 Å². The average molecular weight is 666 g/mol. The number of hydrogen-bond acceptors (Lipinski definition) is 8. The number of likely N-dealkylation sites (tertiary alicyclic amines) is 1. The van der Waals surface area contributed by atoms with E-state index in [0.717, 1.165) is 35.1 Å². The second-order valence-electron chi connectivity index (χ2n) is 16.0. The first kappa shape index (κ1) is 34.2. The van der Waals surface area contributed by atoms with Crippen LogP contribution >= 0.6 is 0 Å². The fraction of sp³-hybridized carbons (Fsp3) is 0.541. The zero-order valence-electron chi connectivity index (χ0n) is 29.5. The van der Waals surface area contributed by atoms with E-state index in [9.17, 15) is 19.6 Å². The number of nitriles is 1. The molecule has 0 spiro atoms. The van der Waals surface area contributed by atoms with E-state index in [1.807, 2.05) is 84.9 Å². The lowest BCUT2D eigenvalue weighted by molar-refractivity contribution is -0.131. The number of aromatic nitrogens is 4. The summed E-state index contributed by atoms with van der Waals surface area (Å²) in [6.07, 6.45) is 3.44. The number of piperidine rings is 1. The van der Waals surface area contributed by atoms with Gasteiger partial charge in [-0.05, 0) is 143 Å². The standard InChI is InChI=1S/C37H47N9O3/c1-21(39-20-31(47)46-27(19-38)16-26-17-30(26)46)18-37(34-42-44-45-43-34)28-12-10-24(32(48)40-35(2,3)4)14-22(28)8-9-23-15-25(11-13-29(23)37)33(49)41-36(5,6)7/h10-15,21,26-27,30,39H,8-9,16-18,20H2,1-7H3,(H,40,48)(H,41,49)(H,42,43,44,45)/t21-,26-,27?,30+/m1/s1. The number of benzene rings is 2. The molecule has 1 aliphatic heterocycles. The minimum absolute atomic E-state index is 0.0653. The highest BCUT2D eigenvalue weighted by Crippen LogP contribution is 2.48. The second kappa shape index (κ2) is 12.7. The number of hydrogen-bond donors (Lipinski definition) is 4. The van der Waals surface area contributed by atoms with E-state index < -0.39 is 16.5 Å². The number of tetrazole rings is 1. The molecule has 3 aliphatic rings. The van der Waals surface area contributed by atoms with Crippen molar-refractivity contribution in [3.8, 4) is 6.07 Å². The fourth-order valence-electron chi connectivity index (χ4n) is 7.68. The lowest BCUT2D eigenvalue weighted by Crippen LogP contribution is -2.46. The molecule has 49 heavy (non-hydrogen) atoms. The maximum Gasteiger partial charge on any atom is 0.251 e. The van der Waals surface area contributed by atoms with Crippen LogP contribution in [0.25, 0.3) is 0 Å². The summed E-state index contributed by atoms with van der Waals surface area (Å²) in [7, 11) is 0. The van der Waals surface area contributed by atoms with E-state index in [1.54, 1.807) is 4.90 Å². The van der Waals surface area contributed by atoms with Crippen LogP contribution in [-0.4, -0.2) is 79.0 Å². The SMILES string of the molecule is C[C@H](CC1(c2nnn[nH]2)c2ccc(C(=O)NC(C)(C)C)cc2CCc2cc(C(=O)NC(C)(C)C)ccc21)NCC(=O)N1C(C#N)C[C@@H]2C[C@@H]21. The van der Waals surface area contributed by atoms with Crippen LogP contribution in [0.1, 0.15) is 117 Å². The number of nitrogens with zero attached hydrogens (tertiary/aromatic N) is 5. The average Bonchev–Trinajstić information content (AvgIpc) is 3.41. The Bertz CT molecular complexity index is 1720. The summed E-state index contributed by atoms with van der Waals surface area (Å²) in [6, 6.07) is 13.5. The largest absolute Gasteiger partial charge is 0.347 e. The topological polar surface area (TPSA) is 169 Å². The molecule has 0 bridgehead atoms. The Balaban J connectivity index is 1.41. The van der Waals surface area contributed by atoms with Crippen molar-refractivity contribution in [1.82, 2.24) is 41.5 Å². The van der Waals surface area contributed by atoms with Crippen LogP contribution in [0.15, 0.2) is 36.4 Å². The van der Waals surface area contributed by atoms with Gasteiger partial charge in [0, 0.05) is 34.3 Å². The summed E-state index contributed by atoms with van der Waals surface area (Å²) < 4.78 is 0. The normalized spacial score (nSPS) is 21.3. The van der Waals surface area contributed by atoms with Crippen molar-refractivity contribution in [2.75, 3.05) is 6.54 Å². The summed E-state index contributed by atoms with van der Waals surface area (Å²) in [5, 5.41) is 34.8. The molecule has 1 saturated heterocycles.